The zero-order valence-corrected chi connectivity index (χ0v) is 11.6. The molecule has 2 aromatic heterocycles. The number of rotatable bonds is 2. The van der Waals surface area contributed by atoms with Crippen LogP contribution >= 0.6 is 0 Å². The zero-order chi connectivity index (χ0) is 14.2. The summed E-state index contributed by atoms with van der Waals surface area (Å²) in [5, 5.41) is 7.29. The SMILES string of the molecule is CNc1ccc2c(n1)COc1cc(-n3cccn3)ccc1-2. The Morgan fingerprint density at radius 3 is 2.90 bits per heavy atom. The number of anilines is 1. The van der Waals surface area contributed by atoms with Gasteiger partial charge in [0.15, 0.2) is 0 Å². The van der Waals surface area contributed by atoms with Crippen LogP contribution in [0.4, 0.5) is 5.82 Å². The van der Waals surface area contributed by atoms with Gasteiger partial charge in [-0.3, -0.25) is 0 Å². The second-order valence-electron chi connectivity index (χ2n) is 4.86. The van der Waals surface area contributed by atoms with Gasteiger partial charge in [0.25, 0.3) is 0 Å². The highest BCUT2D eigenvalue weighted by molar-refractivity contribution is 5.76. The molecule has 3 heterocycles. The molecule has 3 aromatic rings. The predicted octanol–water partition coefficient (Wildman–Crippen LogP) is 2.87. The summed E-state index contributed by atoms with van der Waals surface area (Å²) in [4.78, 5) is 4.55. The largest absolute Gasteiger partial charge is 0.487 e. The van der Waals surface area contributed by atoms with Crippen molar-refractivity contribution in [3.05, 3.63) is 54.5 Å². The highest BCUT2D eigenvalue weighted by atomic mass is 16.5. The van der Waals surface area contributed by atoms with Crippen LogP contribution in [-0.4, -0.2) is 21.8 Å². The number of hydrogen-bond donors (Lipinski definition) is 1. The molecule has 1 aliphatic heterocycles. The summed E-state index contributed by atoms with van der Waals surface area (Å²) in [6, 6.07) is 12.1. The summed E-state index contributed by atoms with van der Waals surface area (Å²) < 4.78 is 7.68. The number of benzene rings is 1. The van der Waals surface area contributed by atoms with E-state index < -0.39 is 0 Å². The van der Waals surface area contributed by atoms with Crippen LogP contribution in [0.2, 0.25) is 0 Å². The highest BCUT2D eigenvalue weighted by Gasteiger charge is 2.19. The lowest BCUT2D eigenvalue weighted by molar-refractivity contribution is 0.297. The lowest BCUT2D eigenvalue weighted by atomic mass is 10.0. The van der Waals surface area contributed by atoms with Crippen LogP contribution < -0.4 is 10.1 Å². The molecule has 21 heavy (non-hydrogen) atoms. The number of pyridine rings is 1. The Kier molecular flexibility index (Phi) is 2.64. The van der Waals surface area contributed by atoms with E-state index in [1.807, 2.05) is 42.2 Å². The molecule has 5 nitrogen and oxygen atoms in total. The van der Waals surface area contributed by atoms with Gasteiger partial charge in [-0.1, -0.05) is 0 Å². The first kappa shape index (κ1) is 12.0. The smallest absolute Gasteiger partial charge is 0.131 e. The predicted molar refractivity (Wildman–Crippen MR) is 80.7 cm³/mol. The van der Waals surface area contributed by atoms with E-state index in [0.717, 1.165) is 34.1 Å². The third-order valence-electron chi connectivity index (χ3n) is 3.62. The van der Waals surface area contributed by atoms with Gasteiger partial charge in [0.2, 0.25) is 0 Å². The molecule has 0 radical (unpaired) electrons. The molecule has 0 amide bonds. The second kappa shape index (κ2) is 4.63. The van der Waals surface area contributed by atoms with Crippen LogP contribution in [0.5, 0.6) is 5.75 Å². The van der Waals surface area contributed by atoms with Crippen molar-refractivity contribution in [2.24, 2.45) is 0 Å². The molecule has 4 rings (SSSR count). The molecule has 0 saturated heterocycles. The average Bonchev–Trinajstić information content (AvgIpc) is 3.08. The Morgan fingerprint density at radius 1 is 1.19 bits per heavy atom. The molecule has 1 N–H and O–H groups in total. The molecular weight excluding hydrogens is 264 g/mol. The van der Waals surface area contributed by atoms with Crippen molar-refractivity contribution < 1.29 is 4.74 Å². The van der Waals surface area contributed by atoms with Gasteiger partial charge in [-0.15, -0.1) is 0 Å². The van der Waals surface area contributed by atoms with Crippen molar-refractivity contribution in [1.29, 1.82) is 0 Å². The van der Waals surface area contributed by atoms with Crippen LogP contribution in [-0.2, 0) is 6.61 Å². The quantitative estimate of drug-likeness (QED) is 0.783. The number of nitrogens with zero attached hydrogens (tertiary/aromatic N) is 3. The minimum Gasteiger partial charge on any atom is -0.487 e. The van der Waals surface area contributed by atoms with Crippen LogP contribution in [0.15, 0.2) is 48.8 Å². The van der Waals surface area contributed by atoms with E-state index in [9.17, 15) is 0 Å². The van der Waals surface area contributed by atoms with Gasteiger partial charge >= 0.3 is 0 Å². The topological polar surface area (TPSA) is 52.0 Å². The van der Waals surface area contributed by atoms with E-state index in [1.54, 1.807) is 6.20 Å². The summed E-state index contributed by atoms with van der Waals surface area (Å²) >= 11 is 0. The Hall–Kier alpha value is -2.82. The van der Waals surface area contributed by atoms with Crippen molar-refractivity contribution in [2.45, 2.75) is 6.61 Å². The van der Waals surface area contributed by atoms with E-state index in [2.05, 4.69) is 27.5 Å². The Bertz CT molecular complexity index is 796. The molecule has 104 valence electrons. The van der Waals surface area contributed by atoms with Crippen molar-refractivity contribution in [3.63, 3.8) is 0 Å². The maximum atomic E-state index is 5.86. The van der Waals surface area contributed by atoms with E-state index in [4.69, 9.17) is 4.74 Å². The molecule has 0 spiro atoms. The highest BCUT2D eigenvalue weighted by Crippen LogP contribution is 2.38. The third kappa shape index (κ3) is 1.94. The van der Waals surface area contributed by atoms with Crippen LogP contribution in [0.25, 0.3) is 16.8 Å². The lowest BCUT2D eigenvalue weighted by Gasteiger charge is -2.21. The Labute approximate surface area is 122 Å². The standard InChI is InChI=1S/C16H14N4O/c1-17-16-6-5-12-13-4-3-11(20-8-2-7-18-20)9-15(13)21-10-14(12)19-16/h2-9H,10H2,1H3,(H,17,19). The monoisotopic (exact) mass is 278 g/mol. The number of ether oxygens (including phenoxy) is 1. The minimum atomic E-state index is 0.487. The van der Waals surface area contributed by atoms with Crippen molar-refractivity contribution in [2.75, 3.05) is 12.4 Å². The number of hydrogen-bond acceptors (Lipinski definition) is 4. The summed E-state index contributed by atoms with van der Waals surface area (Å²) in [5.74, 6) is 1.73. The van der Waals surface area contributed by atoms with Gasteiger partial charge in [-0.05, 0) is 30.3 Å². The number of fused-ring (bicyclic) bond motifs is 3. The summed E-state index contributed by atoms with van der Waals surface area (Å²) in [6.45, 7) is 0.487. The molecule has 0 unspecified atom stereocenters. The lowest BCUT2D eigenvalue weighted by Crippen LogP contribution is -2.09. The zero-order valence-electron chi connectivity index (χ0n) is 11.6. The maximum Gasteiger partial charge on any atom is 0.131 e. The first-order valence-electron chi connectivity index (χ1n) is 6.80. The molecule has 1 aromatic carbocycles. The van der Waals surface area contributed by atoms with Gasteiger partial charge in [-0.25, -0.2) is 9.67 Å². The fourth-order valence-electron chi connectivity index (χ4n) is 2.56. The molecule has 0 bridgehead atoms. The van der Waals surface area contributed by atoms with Crippen molar-refractivity contribution in [3.8, 4) is 22.6 Å². The van der Waals surface area contributed by atoms with Crippen LogP contribution in [0.3, 0.4) is 0 Å². The summed E-state index contributed by atoms with van der Waals surface area (Å²) in [5.41, 5.74) is 4.15. The van der Waals surface area contributed by atoms with E-state index in [1.165, 1.54) is 0 Å². The Morgan fingerprint density at radius 2 is 2.10 bits per heavy atom. The van der Waals surface area contributed by atoms with Gasteiger partial charge < -0.3 is 10.1 Å². The van der Waals surface area contributed by atoms with Gasteiger partial charge in [0, 0.05) is 36.6 Å². The summed E-state index contributed by atoms with van der Waals surface area (Å²) in [7, 11) is 1.86. The van der Waals surface area contributed by atoms with Crippen molar-refractivity contribution in [1.82, 2.24) is 14.8 Å². The second-order valence-corrected chi connectivity index (χ2v) is 4.86. The third-order valence-corrected chi connectivity index (χ3v) is 3.62. The molecule has 1 aliphatic rings. The van der Waals surface area contributed by atoms with E-state index in [0.29, 0.717) is 6.61 Å². The molecule has 0 fully saturated rings. The van der Waals surface area contributed by atoms with Gasteiger partial charge in [0.05, 0.1) is 11.4 Å². The molecule has 0 aliphatic carbocycles. The fraction of sp³-hybridized carbons (Fsp3) is 0.125. The fourth-order valence-corrected chi connectivity index (χ4v) is 2.56. The molecule has 0 atom stereocenters. The van der Waals surface area contributed by atoms with Crippen molar-refractivity contribution >= 4 is 5.82 Å². The number of nitrogens with one attached hydrogen (secondary N) is 1. The molecular formula is C16H14N4O. The first-order chi connectivity index (χ1) is 10.3. The normalized spacial score (nSPS) is 12.2. The molecule has 5 heteroatoms. The van der Waals surface area contributed by atoms with Crippen LogP contribution in [0, 0.1) is 0 Å². The van der Waals surface area contributed by atoms with Crippen LogP contribution in [0.1, 0.15) is 5.69 Å². The Balaban J connectivity index is 1.81. The summed E-state index contributed by atoms with van der Waals surface area (Å²) in [6.07, 6.45) is 3.68. The minimum absolute atomic E-state index is 0.487. The first-order valence-corrected chi connectivity index (χ1v) is 6.80. The average molecular weight is 278 g/mol. The molecule has 0 saturated carbocycles. The van der Waals surface area contributed by atoms with E-state index >= 15 is 0 Å². The maximum absolute atomic E-state index is 5.86. The van der Waals surface area contributed by atoms with Gasteiger partial charge in [0.1, 0.15) is 18.2 Å². The number of aromatic nitrogens is 3. The van der Waals surface area contributed by atoms with E-state index in [-0.39, 0.29) is 0 Å². The van der Waals surface area contributed by atoms with Gasteiger partial charge in [-0.2, -0.15) is 5.10 Å².